The highest BCUT2D eigenvalue weighted by Crippen LogP contribution is 2.43. The van der Waals surface area contributed by atoms with Crippen molar-refractivity contribution in [2.45, 2.75) is 31.6 Å². The summed E-state index contributed by atoms with van der Waals surface area (Å²) in [4.78, 5) is 18.6. The molecule has 11 heteroatoms. The highest BCUT2D eigenvalue weighted by Gasteiger charge is 2.49. The standard InChI is InChI=1S/C21H24N4O5S2/c1-13(2)5-6-23-20(26)14(8-22)9-24-21-25(16-10-32(27,28)11-19(16)31-21)15-3-4-17-18(7-15)30-12-29-17/h3-4,7,9,13,16,19H,5-6,10-12H2,1-2H3,(H,23,26)/b14-9+,24-21?. The zero-order chi connectivity index (χ0) is 22.9. The summed E-state index contributed by atoms with van der Waals surface area (Å²) in [5, 5.41) is 12.5. The van der Waals surface area contributed by atoms with E-state index < -0.39 is 15.7 Å². The maximum absolute atomic E-state index is 12.3. The van der Waals surface area contributed by atoms with Gasteiger partial charge in [-0.05, 0) is 24.5 Å². The van der Waals surface area contributed by atoms with E-state index in [-0.39, 0.29) is 35.2 Å². The highest BCUT2D eigenvalue weighted by molar-refractivity contribution is 8.16. The van der Waals surface area contributed by atoms with Crippen molar-refractivity contribution in [3.63, 3.8) is 0 Å². The molecule has 2 fully saturated rings. The van der Waals surface area contributed by atoms with Gasteiger partial charge in [0.25, 0.3) is 5.91 Å². The van der Waals surface area contributed by atoms with Crippen molar-refractivity contribution >= 4 is 38.4 Å². The minimum absolute atomic E-state index is 0.0165. The second-order valence-corrected chi connectivity index (χ2v) is 11.6. The Bertz CT molecular complexity index is 1120. The van der Waals surface area contributed by atoms with E-state index in [2.05, 4.69) is 24.2 Å². The molecule has 32 heavy (non-hydrogen) atoms. The van der Waals surface area contributed by atoms with Crippen LogP contribution in [-0.4, -0.2) is 55.6 Å². The van der Waals surface area contributed by atoms with Gasteiger partial charge in [0, 0.05) is 23.5 Å². The van der Waals surface area contributed by atoms with Crippen LogP contribution in [0.3, 0.4) is 0 Å². The van der Waals surface area contributed by atoms with E-state index >= 15 is 0 Å². The molecule has 0 radical (unpaired) electrons. The number of amides is 1. The predicted molar refractivity (Wildman–Crippen MR) is 122 cm³/mol. The Hall–Kier alpha value is -2.71. The average Bonchev–Trinajstić information content (AvgIpc) is 3.39. The molecule has 1 N–H and O–H groups in total. The van der Waals surface area contributed by atoms with Crippen molar-refractivity contribution in [2.24, 2.45) is 10.9 Å². The van der Waals surface area contributed by atoms with Gasteiger partial charge in [-0.2, -0.15) is 5.26 Å². The average molecular weight is 477 g/mol. The molecule has 2 unspecified atom stereocenters. The number of hydrogen-bond acceptors (Lipinski definition) is 8. The quantitative estimate of drug-likeness (QED) is 0.489. The smallest absolute Gasteiger partial charge is 0.263 e. The lowest BCUT2D eigenvalue weighted by Crippen LogP contribution is -2.37. The fourth-order valence-corrected chi connectivity index (χ4v) is 7.63. The monoisotopic (exact) mass is 476 g/mol. The third-order valence-electron chi connectivity index (χ3n) is 5.38. The number of hydrogen-bond donors (Lipinski definition) is 1. The van der Waals surface area contributed by atoms with Crippen molar-refractivity contribution in [2.75, 3.05) is 29.7 Å². The van der Waals surface area contributed by atoms with Crippen molar-refractivity contribution in [3.8, 4) is 17.6 Å². The molecule has 1 amide bonds. The van der Waals surface area contributed by atoms with Gasteiger partial charge < -0.3 is 19.7 Å². The Morgan fingerprint density at radius 3 is 2.91 bits per heavy atom. The molecule has 9 nitrogen and oxygen atoms in total. The number of anilines is 1. The zero-order valence-corrected chi connectivity index (χ0v) is 19.4. The van der Waals surface area contributed by atoms with Gasteiger partial charge in [-0.1, -0.05) is 25.6 Å². The number of amidine groups is 1. The van der Waals surface area contributed by atoms with Crippen molar-refractivity contribution in [1.82, 2.24) is 5.32 Å². The van der Waals surface area contributed by atoms with E-state index in [1.807, 2.05) is 17.0 Å². The van der Waals surface area contributed by atoms with Crippen LogP contribution in [0.15, 0.2) is 35.0 Å². The summed E-state index contributed by atoms with van der Waals surface area (Å²) < 4.78 is 35.3. The number of sulfone groups is 1. The van der Waals surface area contributed by atoms with Crippen LogP contribution in [0.5, 0.6) is 11.5 Å². The maximum atomic E-state index is 12.3. The minimum Gasteiger partial charge on any atom is -0.454 e. The first kappa shape index (κ1) is 22.5. The molecule has 170 valence electrons. The third-order valence-corrected chi connectivity index (χ3v) is 8.60. The van der Waals surface area contributed by atoms with Crippen LogP contribution in [0, 0.1) is 17.2 Å². The third kappa shape index (κ3) is 4.71. The number of aliphatic imine (C=N–C) groups is 1. The predicted octanol–water partition coefficient (Wildman–Crippen LogP) is 2.06. The van der Waals surface area contributed by atoms with Gasteiger partial charge in [-0.15, -0.1) is 0 Å². The van der Waals surface area contributed by atoms with Crippen molar-refractivity contribution in [1.29, 1.82) is 5.26 Å². The Morgan fingerprint density at radius 1 is 1.38 bits per heavy atom. The Morgan fingerprint density at radius 2 is 2.16 bits per heavy atom. The van der Waals surface area contributed by atoms with E-state index in [0.29, 0.717) is 29.1 Å². The second-order valence-electron chi connectivity index (χ2n) is 8.21. The molecule has 0 spiro atoms. The molecule has 2 saturated heterocycles. The van der Waals surface area contributed by atoms with Crippen LogP contribution in [0.4, 0.5) is 5.69 Å². The van der Waals surface area contributed by atoms with Crippen LogP contribution < -0.4 is 19.7 Å². The number of carbonyl (C=O) groups excluding carboxylic acids is 1. The topological polar surface area (TPSA) is 121 Å². The molecule has 1 aromatic carbocycles. The van der Waals surface area contributed by atoms with Crippen molar-refractivity contribution < 1.29 is 22.7 Å². The van der Waals surface area contributed by atoms with Crippen LogP contribution in [0.25, 0.3) is 0 Å². The van der Waals surface area contributed by atoms with Gasteiger partial charge in [-0.25, -0.2) is 13.4 Å². The summed E-state index contributed by atoms with van der Waals surface area (Å²) in [5.74, 6) is 1.24. The number of ether oxygens (including phenoxy) is 2. The molecule has 2 atom stereocenters. The van der Waals surface area contributed by atoms with E-state index in [1.165, 1.54) is 18.0 Å². The fraction of sp³-hybridized carbons (Fsp3) is 0.476. The Labute approximate surface area is 191 Å². The molecule has 4 rings (SSSR count). The van der Waals surface area contributed by atoms with Gasteiger partial charge in [0.15, 0.2) is 26.5 Å². The van der Waals surface area contributed by atoms with Gasteiger partial charge in [0.1, 0.15) is 11.6 Å². The molecule has 3 aliphatic rings. The number of carbonyl (C=O) groups is 1. The SMILES string of the molecule is CC(C)CCNC(=O)/C(C#N)=C/N=C1SC2CS(=O)(=O)CC2N1c1ccc2c(c1)OCO2. The summed E-state index contributed by atoms with van der Waals surface area (Å²) >= 11 is 1.34. The highest BCUT2D eigenvalue weighted by atomic mass is 32.2. The van der Waals surface area contributed by atoms with E-state index in [0.717, 1.165) is 12.1 Å². The first-order valence-corrected chi connectivity index (χ1v) is 13.0. The lowest BCUT2D eigenvalue weighted by Gasteiger charge is -2.24. The molecule has 3 heterocycles. The first-order chi connectivity index (χ1) is 15.3. The van der Waals surface area contributed by atoms with Crippen molar-refractivity contribution in [3.05, 3.63) is 30.0 Å². The number of nitrogens with one attached hydrogen (secondary N) is 1. The number of thioether (sulfide) groups is 1. The van der Waals surface area contributed by atoms with Crippen LogP contribution in [0.2, 0.25) is 0 Å². The van der Waals surface area contributed by atoms with E-state index in [9.17, 15) is 18.5 Å². The van der Waals surface area contributed by atoms with Crippen LogP contribution in [0.1, 0.15) is 20.3 Å². The lowest BCUT2D eigenvalue weighted by atomic mass is 10.1. The first-order valence-electron chi connectivity index (χ1n) is 10.3. The molecule has 1 aromatic rings. The van der Waals surface area contributed by atoms with E-state index in [4.69, 9.17) is 9.47 Å². The summed E-state index contributed by atoms with van der Waals surface area (Å²) in [6, 6.07) is 7.00. The number of nitrogens with zero attached hydrogens (tertiary/aromatic N) is 3. The van der Waals surface area contributed by atoms with Gasteiger partial charge in [0.2, 0.25) is 6.79 Å². The lowest BCUT2D eigenvalue weighted by molar-refractivity contribution is -0.117. The summed E-state index contributed by atoms with van der Waals surface area (Å²) in [7, 11) is -3.15. The molecule has 0 saturated carbocycles. The molecule has 3 aliphatic heterocycles. The maximum Gasteiger partial charge on any atom is 0.263 e. The summed E-state index contributed by atoms with van der Waals surface area (Å²) in [6.45, 7) is 4.72. The van der Waals surface area contributed by atoms with Crippen LogP contribution >= 0.6 is 11.8 Å². The fourth-order valence-electron chi connectivity index (χ4n) is 3.74. The van der Waals surface area contributed by atoms with Gasteiger partial charge in [-0.3, -0.25) is 4.79 Å². The van der Waals surface area contributed by atoms with E-state index in [1.54, 1.807) is 12.1 Å². The van der Waals surface area contributed by atoms with Gasteiger partial charge >= 0.3 is 0 Å². The summed E-state index contributed by atoms with van der Waals surface area (Å²) in [6.07, 6.45) is 2.06. The minimum atomic E-state index is -3.15. The van der Waals surface area contributed by atoms with Crippen LogP contribution in [-0.2, 0) is 14.6 Å². The number of benzene rings is 1. The molecule has 0 aliphatic carbocycles. The molecule has 0 aromatic heterocycles. The number of fused-ring (bicyclic) bond motifs is 2. The Kier molecular flexibility index (Phi) is 6.35. The number of rotatable bonds is 6. The number of nitriles is 1. The van der Waals surface area contributed by atoms with Gasteiger partial charge in [0.05, 0.1) is 23.7 Å². The molecular weight excluding hydrogens is 452 g/mol. The summed E-state index contributed by atoms with van der Waals surface area (Å²) in [5.41, 5.74) is 0.621. The Balaban J connectivity index is 1.61. The largest absolute Gasteiger partial charge is 0.454 e. The zero-order valence-electron chi connectivity index (χ0n) is 17.8. The normalized spacial score (nSPS) is 24.6. The second kappa shape index (κ2) is 9.03. The molecule has 0 bridgehead atoms. The molecular formula is C21H24N4O5S2.